The van der Waals surface area contributed by atoms with Crippen molar-refractivity contribution in [1.82, 2.24) is 25.4 Å². The van der Waals surface area contributed by atoms with Gasteiger partial charge in [-0.15, -0.1) is 10.2 Å². The van der Waals surface area contributed by atoms with Gasteiger partial charge in [0.05, 0.1) is 12.6 Å². The summed E-state index contributed by atoms with van der Waals surface area (Å²) in [6, 6.07) is 5.03. The first-order chi connectivity index (χ1) is 13.6. The fourth-order valence-corrected chi connectivity index (χ4v) is 2.91. The molecular formula is C20H29FN6O. The molecule has 1 saturated carbocycles. The van der Waals surface area contributed by atoms with Crippen molar-refractivity contribution < 1.29 is 9.13 Å². The van der Waals surface area contributed by atoms with Crippen LogP contribution in [0.3, 0.4) is 0 Å². The molecule has 1 aromatic heterocycles. The lowest BCUT2D eigenvalue weighted by Crippen LogP contribution is -2.40. The smallest absolute Gasteiger partial charge is 0.191 e. The normalized spacial score (nSPS) is 15.4. The Bertz CT molecular complexity index is 802. The third-order valence-corrected chi connectivity index (χ3v) is 4.86. The number of guanidine groups is 1. The van der Waals surface area contributed by atoms with Crippen LogP contribution in [0.25, 0.3) is 0 Å². The zero-order valence-corrected chi connectivity index (χ0v) is 16.8. The van der Waals surface area contributed by atoms with E-state index < -0.39 is 0 Å². The van der Waals surface area contributed by atoms with Gasteiger partial charge in [0.25, 0.3) is 0 Å². The molecule has 1 atom stereocenters. The zero-order chi connectivity index (χ0) is 19.9. The second kappa shape index (κ2) is 9.52. The number of halogens is 1. The van der Waals surface area contributed by atoms with Crippen molar-refractivity contribution in [1.29, 1.82) is 0 Å². The van der Waals surface area contributed by atoms with E-state index in [1.807, 2.05) is 17.6 Å². The molecule has 2 N–H and O–H groups in total. The molecule has 0 bridgehead atoms. The van der Waals surface area contributed by atoms with Crippen molar-refractivity contribution in [3.63, 3.8) is 0 Å². The van der Waals surface area contributed by atoms with Gasteiger partial charge in [0, 0.05) is 26.6 Å². The predicted molar refractivity (Wildman–Crippen MR) is 107 cm³/mol. The number of benzene rings is 1. The molecule has 1 fully saturated rings. The number of aromatic nitrogens is 3. The summed E-state index contributed by atoms with van der Waals surface area (Å²) in [6.45, 7) is 6.05. The lowest BCUT2D eigenvalue weighted by Gasteiger charge is -2.19. The summed E-state index contributed by atoms with van der Waals surface area (Å²) >= 11 is 0. The molecule has 0 spiro atoms. The molecule has 1 aliphatic rings. The fraction of sp³-hybridized carbons (Fsp3) is 0.550. The molecule has 1 unspecified atom stereocenters. The van der Waals surface area contributed by atoms with Gasteiger partial charge in [-0.25, -0.2) is 4.39 Å². The molecule has 8 heteroatoms. The minimum Gasteiger partial charge on any atom is -0.490 e. The van der Waals surface area contributed by atoms with Crippen LogP contribution in [-0.4, -0.2) is 40.9 Å². The van der Waals surface area contributed by atoms with Crippen LogP contribution in [0, 0.1) is 11.7 Å². The lowest BCUT2D eigenvalue weighted by molar-refractivity contribution is 0.285. The summed E-state index contributed by atoms with van der Waals surface area (Å²) in [7, 11) is 1.72. The van der Waals surface area contributed by atoms with Gasteiger partial charge in [-0.3, -0.25) is 4.99 Å². The van der Waals surface area contributed by atoms with Gasteiger partial charge >= 0.3 is 0 Å². The molecule has 0 amide bonds. The monoisotopic (exact) mass is 388 g/mol. The molecule has 0 radical (unpaired) electrons. The van der Waals surface area contributed by atoms with Crippen LogP contribution in [-0.2, 0) is 13.0 Å². The lowest BCUT2D eigenvalue weighted by atomic mass is 10.1. The number of aryl methyl sites for hydroxylation is 1. The van der Waals surface area contributed by atoms with E-state index in [0.29, 0.717) is 30.8 Å². The minimum atomic E-state index is -0.325. The Morgan fingerprint density at radius 1 is 1.43 bits per heavy atom. The third kappa shape index (κ3) is 5.43. The summed E-state index contributed by atoms with van der Waals surface area (Å²) < 4.78 is 21.9. The molecule has 2 aromatic rings. The highest BCUT2D eigenvalue weighted by molar-refractivity contribution is 5.80. The van der Waals surface area contributed by atoms with E-state index in [1.165, 1.54) is 18.9 Å². The molecule has 7 nitrogen and oxygen atoms in total. The molecule has 1 aromatic carbocycles. The van der Waals surface area contributed by atoms with Gasteiger partial charge < -0.3 is 19.9 Å². The van der Waals surface area contributed by atoms with Crippen LogP contribution < -0.4 is 15.4 Å². The Balaban J connectivity index is 1.50. The van der Waals surface area contributed by atoms with Crippen LogP contribution in [0.15, 0.2) is 29.5 Å². The highest BCUT2D eigenvalue weighted by atomic mass is 19.1. The number of hydrogen-bond acceptors (Lipinski definition) is 4. The predicted octanol–water partition coefficient (Wildman–Crippen LogP) is 2.69. The van der Waals surface area contributed by atoms with Gasteiger partial charge in [0.15, 0.2) is 17.5 Å². The van der Waals surface area contributed by atoms with E-state index in [1.54, 1.807) is 19.4 Å². The maximum atomic E-state index is 14.3. The molecule has 0 saturated heterocycles. The standard InChI is InChI=1S/C20H29FN6O/c1-4-19-26-24-13-27(19)10-9-23-20(22-3)25-14(2)16-7-8-18(17(21)11-16)28-12-15-5-6-15/h7-8,11,13-15H,4-6,9-10,12H2,1-3H3,(H2,22,23,25). The Kier molecular flexibility index (Phi) is 6.84. The summed E-state index contributed by atoms with van der Waals surface area (Å²) in [5.74, 6) is 2.21. The van der Waals surface area contributed by atoms with Gasteiger partial charge in [-0.2, -0.15) is 0 Å². The Hall–Kier alpha value is -2.64. The van der Waals surface area contributed by atoms with Crippen molar-refractivity contribution in [3.05, 3.63) is 41.7 Å². The van der Waals surface area contributed by atoms with E-state index in [-0.39, 0.29) is 11.9 Å². The summed E-state index contributed by atoms with van der Waals surface area (Å²) in [5.41, 5.74) is 0.839. The summed E-state index contributed by atoms with van der Waals surface area (Å²) in [4.78, 5) is 4.25. The number of nitrogens with zero attached hydrogens (tertiary/aromatic N) is 4. The van der Waals surface area contributed by atoms with Crippen LogP contribution in [0.1, 0.15) is 44.1 Å². The van der Waals surface area contributed by atoms with Crippen molar-refractivity contribution >= 4 is 5.96 Å². The summed E-state index contributed by atoms with van der Waals surface area (Å²) in [5, 5.41) is 14.6. The van der Waals surface area contributed by atoms with E-state index in [9.17, 15) is 4.39 Å². The van der Waals surface area contributed by atoms with Gasteiger partial charge in [-0.05, 0) is 43.4 Å². The number of aliphatic imine (C=N–C) groups is 1. The number of ether oxygens (including phenoxy) is 1. The Labute approximate surface area is 165 Å². The van der Waals surface area contributed by atoms with Crippen molar-refractivity contribution in [2.45, 2.75) is 45.7 Å². The van der Waals surface area contributed by atoms with Crippen LogP contribution in [0.5, 0.6) is 5.75 Å². The third-order valence-electron chi connectivity index (χ3n) is 4.86. The molecular weight excluding hydrogens is 359 g/mol. The van der Waals surface area contributed by atoms with Crippen molar-refractivity contribution in [3.8, 4) is 5.75 Å². The first kappa shape index (κ1) is 20.1. The Morgan fingerprint density at radius 2 is 2.25 bits per heavy atom. The van der Waals surface area contributed by atoms with Crippen molar-refractivity contribution in [2.75, 3.05) is 20.2 Å². The average Bonchev–Trinajstić information content (AvgIpc) is 3.42. The summed E-state index contributed by atoms with van der Waals surface area (Å²) in [6.07, 6.45) is 4.94. The second-order valence-corrected chi connectivity index (χ2v) is 7.10. The van der Waals surface area contributed by atoms with E-state index in [0.717, 1.165) is 24.4 Å². The number of hydrogen-bond donors (Lipinski definition) is 2. The van der Waals surface area contributed by atoms with Gasteiger partial charge in [0.1, 0.15) is 12.2 Å². The van der Waals surface area contributed by atoms with Crippen LogP contribution in [0.2, 0.25) is 0 Å². The highest BCUT2D eigenvalue weighted by Gasteiger charge is 2.22. The highest BCUT2D eigenvalue weighted by Crippen LogP contribution is 2.30. The number of nitrogens with one attached hydrogen (secondary N) is 2. The van der Waals surface area contributed by atoms with Gasteiger partial charge in [-0.1, -0.05) is 13.0 Å². The van der Waals surface area contributed by atoms with E-state index in [4.69, 9.17) is 4.74 Å². The fourth-order valence-electron chi connectivity index (χ4n) is 2.91. The molecule has 28 heavy (non-hydrogen) atoms. The van der Waals surface area contributed by atoms with E-state index >= 15 is 0 Å². The maximum Gasteiger partial charge on any atom is 0.191 e. The molecule has 3 rings (SSSR count). The maximum absolute atomic E-state index is 14.3. The quantitative estimate of drug-likeness (QED) is 0.510. The van der Waals surface area contributed by atoms with Crippen LogP contribution in [0.4, 0.5) is 4.39 Å². The zero-order valence-electron chi connectivity index (χ0n) is 16.8. The first-order valence-corrected chi connectivity index (χ1v) is 9.86. The topological polar surface area (TPSA) is 76.4 Å². The molecule has 0 aliphatic heterocycles. The largest absolute Gasteiger partial charge is 0.490 e. The molecule has 1 heterocycles. The minimum absolute atomic E-state index is 0.0979. The van der Waals surface area contributed by atoms with Crippen LogP contribution >= 0.6 is 0 Å². The number of rotatable bonds is 9. The first-order valence-electron chi connectivity index (χ1n) is 9.86. The van der Waals surface area contributed by atoms with Gasteiger partial charge in [0.2, 0.25) is 0 Å². The molecule has 1 aliphatic carbocycles. The second-order valence-electron chi connectivity index (χ2n) is 7.10. The Morgan fingerprint density at radius 3 is 2.93 bits per heavy atom. The molecule has 152 valence electrons. The van der Waals surface area contributed by atoms with E-state index in [2.05, 4.69) is 32.7 Å². The van der Waals surface area contributed by atoms with Crippen molar-refractivity contribution in [2.24, 2.45) is 10.9 Å². The average molecular weight is 388 g/mol. The SMILES string of the molecule is CCc1nncn1CCNC(=NC)NC(C)c1ccc(OCC2CC2)c(F)c1.